The first-order valence-corrected chi connectivity index (χ1v) is 44.4. The summed E-state index contributed by atoms with van der Waals surface area (Å²) in [4.78, 5) is 17.3. The molecule has 12 heteroatoms. The van der Waals surface area contributed by atoms with Crippen LogP contribution in [-0.2, 0) is 74.6 Å². The molecule has 4 aromatic heterocycles. The summed E-state index contributed by atoms with van der Waals surface area (Å²) in [6.45, 7) is 44.8. The second-order valence-corrected chi connectivity index (χ2v) is 40.0. The Balaban J connectivity index is 0.000000206. The van der Waals surface area contributed by atoms with Gasteiger partial charge in [-0.1, -0.05) is 329 Å². The molecule has 0 saturated heterocycles. The van der Waals surface area contributed by atoms with Gasteiger partial charge >= 0.3 is 0 Å². The molecule has 2 aliphatic rings. The summed E-state index contributed by atoms with van der Waals surface area (Å²) in [6.07, 6.45) is 3.69. The van der Waals surface area contributed by atoms with Gasteiger partial charge in [-0.05, 0) is 173 Å². The van der Waals surface area contributed by atoms with Gasteiger partial charge in [-0.2, -0.15) is 12.1 Å². The van der Waals surface area contributed by atoms with E-state index in [1.807, 2.05) is 220 Å². The average molecular weight is 2130 g/mol. The number of rotatable bonds is 14. The zero-order valence-corrected chi connectivity index (χ0v) is 83.2. The van der Waals surface area contributed by atoms with Crippen LogP contribution in [0.3, 0.4) is 0 Å². The van der Waals surface area contributed by atoms with Gasteiger partial charge < -0.3 is 38.2 Å². The van der Waals surface area contributed by atoms with Crippen molar-refractivity contribution in [2.75, 3.05) is 19.6 Å². The third-order valence-corrected chi connectivity index (χ3v) is 24.5. The van der Waals surface area contributed by atoms with Gasteiger partial charge in [0.1, 0.15) is 11.6 Å². The Bertz CT molecular complexity index is 8470. The van der Waals surface area contributed by atoms with E-state index in [1.54, 1.807) is 26.6 Å². The predicted octanol–water partition coefficient (Wildman–Crippen LogP) is 33.0. The van der Waals surface area contributed by atoms with Gasteiger partial charge in [-0.3, -0.25) is 0 Å². The molecule has 0 fully saturated rings. The fraction of sp³-hybridized carbons (Fsp3) is 0.213. The molecule has 20 rings (SSSR count). The van der Waals surface area contributed by atoms with Crippen molar-refractivity contribution in [2.45, 2.75) is 171 Å². The third-order valence-electron chi connectivity index (χ3n) is 24.5. The van der Waals surface area contributed by atoms with Crippen molar-refractivity contribution in [1.29, 1.82) is 0 Å². The van der Waals surface area contributed by atoms with Crippen molar-refractivity contribution in [1.82, 2.24) is 19.1 Å². The molecule has 18 aromatic rings. The van der Waals surface area contributed by atoms with Crippen LogP contribution < -0.4 is 29.1 Å². The first-order chi connectivity index (χ1) is 71.4. The molecular formula is C122H114N8O2Pt2-6. The maximum atomic E-state index is 9.55. The molecule has 0 aliphatic carbocycles. The molecule has 0 unspecified atom stereocenters. The van der Waals surface area contributed by atoms with Crippen molar-refractivity contribution < 1.29 is 79.0 Å². The predicted molar refractivity (Wildman–Crippen MR) is 552 cm³/mol. The summed E-state index contributed by atoms with van der Waals surface area (Å²) >= 11 is 0. The van der Waals surface area contributed by atoms with E-state index in [0.29, 0.717) is 79.4 Å². The van der Waals surface area contributed by atoms with E-state index in [2.05, 4.69) is 153 Å². The molecule has 0 N–H and O–H groups in total. The van der Waals surface area contributed by atoms with Crippen LogP contribution in [0.25, 0.3) is 99.8 Å². The molecule has 134 heavy (non-hydrogen) atoms. The van der Waals surface area contributed by atoms with Crippen LogP contribution in [-0.4, -0.2) is 19.1 Å². The molecule has 0 saturated carbocycles. The first kappa shape index (κ1) is 70.8. The SMILES string of the molecule is [2H]c1c([2H])c([2H])c(-c2c(C(C)(C)C)cc(C(C)(C)C)c(-c3c([2H])c([2H])c([2H])c([2H])c3[2H])c2N2[CH-]N(c3[c-]c(Oc4[c-]c5c(cc4)c4ccccc4n5-c4cc(C(C)(C)C)ccn4)cc(C(C)(C)C)c3)c3ccccc32)c([2H])c1[2H].[2H]c1c([2H])c([2H])c(-c2c(C)cc(C)c(-c3c([2H])c([2H])c([2H])c([2H])c3[2H])c2N2[CH-]N(c3[c-]c(Oc4[c-]c5c(cc4)c4ccccc4n5-c4cc(C(C)(C)C)ccn4)cc(C(C)(C)C)c3)c3ccccc32)c([2H])c1[2H].[Pt].[Pt]. The normalized spacial score (nSPS) is 15.1. The van der Waals surface area contributed by atoms with Crippen molar-refractivity contribution in [3.8, 4) is 79.1 Å². The molecule has 0 spiro atoms. The molecule has 0 bridgehead atoms. The van der Waals surface area contributed by atoms with Crippen molar-refractivity contribution in [3.05, 3.63) is 397 Å². The van der Waals surface area contributed by atoms with Crippen LogP contribution in [0.4, 0.5) is 45.5 Å². The Morgan fingerprint density at radius 2 is 0.619 bits per heavy atom. The van der Waals surface area contributed by atoms with Gasteiger partial charge in [-0.15, -0.1) is 107 Å². The fourth-order valence-corrected chi connectivity index (χ4v) is 17.8. The molecule has 10 nitrogen and oxygen atoms in total. The van der Waals surface area contributed by atoms with Gasteiger partial charge in [0.05, 0.1) is 27.4 Å². The van der Waals surface area contributed by atoms with E-state index >= 15 is 0 Å². The van der Waals surface area contributed by atoms with E-state index in [0.717, 1.165) is 77.5 Å². The quantitative estimate of drug-likeness (QED) is 0.0998. The maximum Gasteiger partial charge on any atom is 0.135 e. The number of hydrogen-bond acceptors (Lipinski definition) is 8. The van der Waals surface area contributed by atoms with E-state index < -0.39 is 137 Å². The second-order valence-electron chi connectivity index (χ2n) is 40.0. The smallest absolute Gasteiger partial charge is 0.135 e. The van der Waals surface area contributed by atoms with Crippen molar-refractivity contribution >= 4 is 89.1 Å². The molecule has 2 aliphatic heterocycles. The van der Waals surface area contributed by atoms with Crippen LogP contribution in [0.2, 0.25) is 0 Å². The van der Waals surface area contributed by atoms with E-state index in [9.17, 15) is 11.0 Å². The minimum absolute atomic E-state index is 0. The van der Waals surface area contributed by atoms with Crippen LogP contribution >= 0.6 is 0 Å². The number of benzene rings is 14. The Labute approximate surface area is 849 Å². The number of fused-ring (bicyclic) bond motifs is 8. The number of nitrogens with zero attached hydrogens (tertiary/aromatic N) is 8. The van der Waals surface area contributed by atoms with E-state index in [1.165, 1.54) is 0 Å². The Hall–Kier alpha value is -12.8. The van der Waals surface area contributed by atoms with Crippen LogP contribution in [0.15, 0.2) is 315 Å². The van der Waals surface area contributed by atoms with Gasteiger partial charge in [0.25, 0.3) is 0 Å². The zero-order valence-electron chi connectivity index (χ0n) is 98.7. The number of aromatic nitrogens is 4. The van der Waals surface area contributed by atoms with Crippen LogP contribution in [0.5, 0.6) is 23.0 Å². The van der Waals surface area contributed by atoms with Gasteiger partial charge in [0.15, 0.2) is 0 Å². The van der Waals surface area contributed by atoms with Gasteiger partial charge in [0.2, 0.25) is 0 Å². The summed E-state index contributed by atoms with van der Waals surface area (Å²) in [6, 6.07) is 63.7. The van der Waals surface area contributed by atoms with E-state index in [4.69, 9.17) is 35.9 Å². The molecule has 0 radical (unpaired) electrons. The third kappa shape index (κ3) is 17.9. The van der Waals surface area contributed by atoms with Crippen LogP contribution in [0.1, 0.15) is 197 Å². The van der Waals surface area contributed by atoms with Crippen molar-refractivity contribution in [2.24, 2.45) is 0 Å². The topological polar surface area (TPSA) is 67.1 Å². The molecule has 6 heterocycles. The number of aryl methyl sites for hydroxylation is 2. The Morgan fingerprint density at radius 1 is 0.299 bits per heavy atom. The number of anilines is 8. The van der Waals surface area contributed by atoms with Gasteiger partial charge in [-0.25, -0.2) is 9.97 Å². The van der Waals surface area contributed by atoms with Crippen LogP contribution in [0, 0.1) is 51.5 Å². The summed E-state index contributed by atoms with van der Waals surface area (Å²) in [5.41, 5.74) is 12.3. The minimum Gasteiger partial charge on any atom is -0.509 e. The molecular weight excluding hydrogens is 2000 g/mol. The Kier molecular flexibility index (Phi) is 19.1. The number of ether oxygens (including phenoxy) is 2. The minimum atomic E-state index is -0.757. The standard InChI is InChI=1S/C64H63N4O.C58H51N4O.2Pt/c1-61(2,3)44-33-34-65-57(37-44)68-53-28-20-19-27-49(53)50-32-31-47(39-56(50)68)69-48-36-45(62(4,5)6)35-46(38-48)66-41-67(55-30-22-21-29-54(55)66)60-58(42-23-15-13-16-24-42)51(63(7,8)9)40-52(64(10,11)12)59(60)43-25-17-14-18-26-43;1-38-31-39(2)55(41-21-13-10-14-22-41)56(54(38)40-19-11-9-12-20-40)61-37-60(50-25-17-18-26-51(50)61)44-32-43(58(6,7)8)33-46(35-44)63-45-27-28-48-47-23-15-16-24-49(47)62(52(48)36-45)53-34-42(29-30-59-53)57(3,4)5;;/h13-37,40-41H,1-12H3;9-34,37H,1-8H3;;/q2*-3;;/i13D,14D,15D,16D,17D,18D,23D,24D,25D,26D;9D,10D,11D,12D,13D,14D,19D,20D,21D,22D;;. The number of pyridine rings is 2. The monoisotopic (exact) mass is 2130 g/mol. The molecule has 14 aromatic carbocycles. The van der Waals surface area contributed by atoms with Crippen molar-refractivity contribution in [3.63, 3.8) is 0 Å². The number of hydrogen-bond donors (Lipinski definition) is 0. The maximum absolute atomic E-state index is 9.55. The van der Waals surface area contributed by atoms with E-state index in [-0.39, 0.29) is 114 Å². The fourth-order valence-electron chi connectivity index (χ4n) is 17.8. The zero-order chi connectivity index (χ0) is 110. The number of para-hydroxylation sites is 6. The molecule has 0 amide bonds. The average Bonchev–Trinajstić information content (AvgIpc) is 0.925. The Morgan fingerprint density at radius 3 is 0.963 bits per heavy atom. The van der Waals surface area contributed by atoms with Gasteiger partial charge in [0, 0.05) is 145 Å². The first-order valence-electron chi connectivity index (χ1n) is 54.4. The summed E-state index contributed by atoms with van der Waals surface area (Å²) in [7, 11) is 0. The summed E-state index contributed by atoms with van der Waals surface area (Å²) in [5.74, 6) is 3.23. The summed E-state index contributed by atoms with van der Waals surface area (Å²) in [5, 5.41) is 4.07. The molecule has 680 valence electrons. The second kappa shape index (κ2) is 36.2. The molecule has 0 atom stereocenters. The largest absolute Gasteiger partial charge is 0.509 e. The summed E-state index contributed by atoms with van der Waals surface area (Å²) < 4.78 is 198.